The average molecular weight is 316 g/mol. The molecule has 1 atom stereocenters. The van der Waals surface area contributed by atoms with Gasteiger partial charge in [-0.1, -0.05) is 11.6 Å². The number of benzene rings is 1. The fourth-order valence-electron chi connectivity index (χ4n) is 1.80. The molecule has 1 heterocycles. The van der Waals surface area contributed by atoms with Gasteiger partial charge in [0.05, 0.1) is 11.6 Å². The summed E-state index contributed by atoms with van der Waals surface area (Å²) in [5.74, 6) is 1.25. The third-order valence-electron chi connectivity index (χ3n) is 2.78. The predicted octanol–water partition coefficient (Wildman–Crippen LogP) is 5.29. The Hall–Kier alpha value is -0.770. The Labute approximate surface area is 127 Å². The number of aryl methyl sites for hydroxylation is 2. The van der Waals surface area contributed by atoms with Crippen LogP contribution in [0, 0.1) is 13.8 Å². The Kier molecular flexibility index (Phi) is 4.71. The Balaban J connectivity index is 2.16. The number of alkyl halides is 1. The maximum Gasteiger partial charge on any atom is 0.147 e. The summed E-state index contributed by atoms with van der Waals surface area (Å²) in [7, 11) is 0. The molecule has 0 radical (unpaired) electrons. The quantitative estimate of drug-likeness (QED) is 0.715. The molecule has 0 spiro atoms. The lowest BCUT2D eigenvalue weighted by Crippen LogP contribution is -2.03. The van der Waals surface area contributed by atoms with Crippen molar-refractivity contribution in [3.05, 3.63) is 44.4 Å². The number of ether oxygens (including phenoxy) is 1. The molecule has 1 aromatic carbocycles. The molecular weight excluding hydrogens is 301 g/mol. The van der Waals surface area contributed by atoms with E-state index in [1.54, 1.807) is 11.3 Å². The number of aromatic nitrogens is 1. The van der Waals surface area contributed by atoms with Gasteiger partial charge in [0.25, 0.3) is 0 Å². The molecule has 0 fully saturated rings. The van der Waals surface area contributed by atoms with Crippen LogP contribution in [0.1, 0.15) is 34.9 Å². The Bertz CT molecular complexity index is 560. The van der Waals surface area contributed by atoms with E-state index < -0.39 is 0 Å². The summed E-state index contributed by atoms with van der Waals surface area (Å²) in [5.41, 5.74) is 2.93. The van der Waals surface area contributed by atoms with Crippen molar-refractivity contribution in [3.8, 4) is 5.75 Å². The highest BCUT2D eigenvalue weighted by Crippen LogP contribution is 2.30. The van der Waals surface area contributed by atoms with E-state index in [0.29, 0.717) is 5.88 Å². The van der Waals surface area contributed by atoms with Gasteiger partial charge in [-0.15, -0.1) is 22.9 Å². The summed E-state index contributed by atoms with van der Waals surface area (Å²) in [6, 6.07) is 3.89. The summed E-state index contributed by atoms with van der Waals surface area (Å²) < 4.78 is 5.92. The number of halogens is 2. The average Bonchev–Trinajstić information content (AvgIpc) is 2.84. The molecule has 102 valence electrons. The number of nitrogens with zero attached hydrogens (tertiary/aromatic N) is 1. The van der Waals surface area contributed by atoms with E-state index in [9.17, 15) is 0 Å². The van der Waals surface area contributed by atoms with Gasteiger partial charge in [-0.05, 0) is 44.0 Å². The highest BCUT2D eigenvalue weighted by atomic mass is 35.5. The van der Waals surface area contributed by atoms with E-state index in [1.807, 2.05) is 38.3 Å². The predicted molar refractivity (Wildman–Crippen MR) is 81.6 cm³/mol. The topological polar surface area (TPSA) is 22.1 Å². The Morgan fingerprint density at radius 3 is 2.47 bits per heavy atom. The lowest BCUT2D eigenvalue weighted by atomic mass is 10.1. The molecule has 2 rings (SSSR count). The first kappa shape index (κ1) is 14.6. The number of rotatable bonds is 4. The maximum absolute atomic E-state index is 6.14. The van der Waals surface area contributed by atoms with Crippen molar-refractivity contribution < 1.29 is 4.74 Å². The minimum absolute atomic E-state index is 0.0954. The molecule has 0 aliphatic heterocycles. The zero-order valence-electron chi connectivity index (χ0n) is 11.0. The van der Waals surface area contributed by atoms with Crippen molar-refractivity contribution in [1.29, 1.82) is 0 Å². The van der Waals surface area contributed by atoms with Crippen molar-refractivity contribution in [3.63, 3.8) is 0 Å². The zero-order chi connectivity index (χ0) is 14.0. The summed E-state index contributed by atoms with van der Waals surface area (Å²) in [4.78, 5) is 4.42. The smallest absolute Gasteiger partial charge is 0.147 e. The second kappa shape index (κ2) is 6.12. The highest BCUT2D eigenvalue weighted by Gasteiger charge is 2.13. The normalized spacial score (nSPS) is 12.5. The standard InChI is InChI=1S/C14H15Cl2NOS/c1-8-4-12(5-9(2)13(8)16)18-10(3)14-17-11(6-15)7-19-14/h4-5,7,10H,6H2,1-3H3. The van der Waals surface area contributed by atoms with Crippen LogP contribution in [0.15, 0.2) is 17.5 Å². The first-order chi connectivity index (χ1) is 9.01. The summed E-state index contributed by atoms with van der Waals surface area (Å²) in [6.45, 7) is 5.93. The van der Waals surface area contributed by atoms with Gasteiger partial charge >= 0.3 is 0 Å². The molecule has 0 aliphatic carbocycles. The second-order valence-corrected chi connectivity index (χ2v) is 5.98. The van der Waals surface area contributed by atoms with Crippen molar-refractivity contribution >= 4 is 34.5 Å². The van der Waals surface area contributed by atoms with Crippen LogP contribution < -0.4 is 4.74 Å². The lowest BCUT2D eigenvalue weighted by molar-refractivity contribution is 0.226. The monoisotopic (exact) mass is 315 g/mol. The van der Waals surface area contributed by atoms with Crippen LogP contribution >= 0.6 is 34.5 Å². The Morgan fingerprint density at radius 2 is 1.95 bits per heavy atom. The number of thiazole rings is 1. The van der Waals surface area contributed by atoms with Gasteiger partial charge in [0.15, 0.2) is 0 Å². The van der Waals surface area contributed by atoms with Gasteiger partial charge in [-0.25, -0.2) is 4.98 Å². The molecule has 5 heteroatoms. The lowest BCUT2D eigenvalue weighted by Gasteiger charge is -2.14. The van der Waals surface area contributed by atoms with Gasteiger partial charge in [0.1, 0.15) is 16.9 Å². The Morgan fingerprint density at radius 1 is 1.32 bits per heavy atom. The summed E-state index contributed by atoms with van der Waals surface area (Å²) in [5, 5.41) is 3.68. The second-order valence-electron chi connectivity index (χ2n) is 4.44. The van der Waals surface area contributed by atoms with Gasteiger partial charge < -0.3 is 4.74 Å². The first-order valence-electron chi connectivity index (χ1n) is 5.95. The van der Waals surface area contributed by atoms with E-state index in [-0.39, 0.29) is 6.10 Å². The molecule has 2 aromatic rings. The molecule has 0 amide bonds. The first-order valence-corrected chi connectivity index (χ1v) is 7.74. The third kappa shape index (κ3) is 3.41. The fraction of sp³-hybridized carbons (Fsp3) is 0.357. The van der Waals surface area contributed by atoms with Gasteiger partial charge in [0, 0.05) is 10.4 Å². The molecule has 0 saturated heterocycles. The van der Waals surface area contributed by atoms with Crippen LogP contribution in [0.3, 0.4) is 0 Å². The molecular formula is C14H15Cl2NOS. The van der Waals surface area contributed by atoms with Crippen molar-refractivity contribution in [2.24, 2.45) is 0 Å². The fourth-order valence-corrected chi connectivity index (χ4v) is 2.94. The third-order valence-corrected chi connectivity index (χ3v) is 4.70. The van der Waals surface area contributed by atoms with Crippen LogP contribution in [0.25, 0.3) is 0 Å². The van der Waals surface area contributed by atoms with Crippen LogP contribution in [0.5, 0.6) is 5.75 Å². The molecule has 1 aromatic heterocycles. The van der Waals surface area contributed by atoms with E-state index in [4.69, 9.17) is 27.9 Å². The molecule has 0 saturated carbocycles. The minimum Gasteiger partial charge on any atom is -0.484 e. The van der Waals surface area contributed by atoms with E-state index in [2.05, 4.69) is 4.98 Å². The van der Waals surface area contributed by atoms with E-state index >= 15 is 0 Å². The molecule has 0 N–H and O–H groups in total. The van der Waals surface area contributed by atoms with Gasteiger partial charge in [-0.2, -0.15) is 0 Å². The summed E-state index contributed by atoms with van der Waals surface area (Å²) >= 11 is 13.5. The van der Waals surface area contributed by atoms with Crippen molar-refractivity contribution in [1.82, 2.24) is 4.98 Å². The minimum atomic E-state index is -0.0954. The van der Waals surface area contributed by atoms with E-state index in [0.717, 1.165) is 32.6 Å². The van der Waals surface area contributed by atoms with E-state index in [1.165, 1.54) is 0 Å². The molecule has 0 aliphatic rings. The van der Waals surface area contributed by atoms with Crippen molar-refractivity contribution in [2.45, 2.75) is 32.8 Å². The van der Waals surface area contributed by atoms with Crippen LogP contribution in [-0.4, -0.2) is 4.98 Å². The van der Waals surface area contributed by atoms with Crippen LogP contribution in [-0.2, 0) is 5.88 Å². The number of hydrogen-bond acceptors (Lipinski definition) is 3. The summed E-state index contributed by atoms with van der Waals surface area (Å²) in [6.07, 6.45) is -0.0954. The number of hydrogen-bond donors (Lipinski definition) is 0. The molecule has 0 bridgehead atoms. The highest BCUT2D eigenvalue weighted by molar-refractivity contribution is 7.09. The van der Waals surface area contributed by atoms with Crippen molar-refractivity contribution in [2.75, 3.05) is 0 Å². The SMILES string of the molecule is Cc1cc(OC(C)c2nc(CCl)cs2)cc(C)c1Cl. The molecule has 2 nitrogen and oxygen atoms in total. The largest absolute Gasteiger partial charge is 0.484 e. The zero-order valence-corrected chi connectivity index (χ0v) is 13.4. The van der Waals surface area contributed by atoms with Crippen LogP contribution in [0.2, 0.25) is 5.02 Å². The van der Waals surface area contributed by atoms with Gasteiger partial charge in [0.2, 0.25) is 0 Å². The molecule has 19 heavy (non-hydrogen) atoms. The van der Waals surface area contributed by atoms with Gasteiger partial charge in [-0.3, -0.25) is 0 Å². The van der Waals surface area contributed by atoms with Crippen LogP contribution in [0.4, 0.5) is 0 Å². The molecule has 1 unspecified atom stereocenters. The maximum atomic E-state index is 6.14.